The van der Waals surface area contributed by atoms with Gasteiger partial charge in [0.15, 0.2) is 11.5 Å². The zero-order chi connectivity index (χ0) is 16.4. The Morgan fingerprint density at radius 1 is 1.13 bits per heavy atom. The third-order valence-electron chi connectivity index (χ3n) is 3.26. The van der Waals surface area contributed by atoms with E-state index < -0.39 is 0 Å². The first kappa shape index (κ1) is 15.7. The molecule has 1 N–H and O–H groups in total. The highest BCUT2D eigenvalue weighted by Crippen LogP contribution is 2.31. The summed E-state index contributed by atoms with van der Waals surface area (Å²) in [4.78, 5) is 12.4. The molecule has 1 amide bonds. The molecule has 6 nitrogen and oxygen atoms in total. The maximum atomic E-state index is 12.4. The van der Waals surface area contributed by atoms with Crippen LogP contribution in [0.5, 0.6) is 11.5 Å². The maximum absolute atomic E-state index is 12.4. The van der Waals surface area contributed by atoms with Crippen LogP contribution in [-0.4, -0.2) is 28.9 Å². The third-order valence-corrected chi connectivity index (χ3v) is 4.61. The molecule has 0 saturated heterocycles. The van der Waals surface area contributed by atoms with Crippen molar-refractivity contribution in [3.8, 4) is 11.5 Å². The second kappa shape index (κ2) is 6.51. The molecular formula is C15H12BrN3O3S. The second-order valence-corrected chi connectivity index (χ2v) is 5.90. The maximum Gasteiger partial charge on any atom is 0.255 e. The minimum Gasteiger partial charge on any atom is -0.493 e. The number of hydrogen-bond donors (Lipinski definition) is 1. The number of methoxy groups -OCH3 is 2. The molecule has 1 heterocycles. The average Bonchev–Trinajstić information content (AvgIpc) is 3.06. The van der Waals surface area contributed by atoms with Crippen molar-refractivity contribution in [2.24, 2.45) is 0 Å². The normalized spacial score (nSPS) is 10.6. The van der Waals surface area contributed by atoms with Gasteiger partial charge in [-0.1, -0.05) is 0 Å². The van der Waals surface area contributed by atoms with Gasteiger partial charge >= 0.3 is 0 Å². The molecule has 0 spiro atoms. The molecule has 0 aliphatic carbocycles. The van der Waals surface area contributed by atoms with Gasteiger partial charge in [0.1, 0.15) is 11.0 Å². The Kier molecular flexibility index (Phi) is 4.44. The minimum atomic E-state index is -0.255. The number of ether oxygens (including phenoxy) is 2. The predicted octanol–water partition coefficient (Wildman–Crippen LogP) is 3.72. The molecule has 23 heavy (non-hydrogen) atoms. The molecule has 0 saturated carbocycles. The number of aromatic nitrogens is 2. The van der Waals surface area contributed by atoms with Gasteiger partial charge in [-0.15, -0.1) is 0 Å². The third kappa shape index (κ3) is 2.99. The fourth-order valence-corrected chi connectivity index (χ4v) is 3.27. The summed E-state index contributed by atoms with van der Waals surface area (Å²) in [5.74, 6) is 0.813. The highest BCUT2D eigenvalue weighted by atomic mass is 79.9. The summed E-state index contributed by atoms with van der Waals surface area (Å²) in [6, 6.07) is 8.59. The zero-order valence-corrected chi connectivity index (χ0v) is 14.7. The van der Waals surface area contributed by atoms with Gasteiger partial charge in [-0.3, -0.25) is 4.79 Å². The van der Waals surface area contributed by atoms with Gasteiger partial charge < -0.3 is 14.8 Å². The number of amides is 1. The van der Waals surface area contributed by atoms with Crippen molar-refractivity contribution in [2.45, 2.75) is 0 Å². The van der Waals surface area contributed by atoms with Crippen LogP contribution < -0.4 is 14.8 Å². The Labute approximate surface area is 144 Å². The molecule has 8 heteroatoms. The lowest BCUT2D eigenvalue weighted by Crippen LogP contribution is -2.12. The van der Waals surface area contributed by atoms with Crippen molar-refractivity contribution in [3.05, 3.63) is 40.4 Å². The van der Waals surface area contributed by atoms with Gasteiger partial charge in [0.2, 0.25) is 0 Å². The molecule has 2 aromatic carbocycles. The van der Waals surface area contributed by atoms with Crippen LogP contribution in [0.4, 0.5) is 5.69 Å². The van der Waals surface area contributed by atoms with Crippen LogP contribution in [0.2, 0.25) is 0 Å². The molecule has 3 aromatic rings. The van der Waals surface area contributed by atoms with E-state index in [1.54, 1.807) is 31.4 Å². The fraction of sp³-hybridized carbons (Fsp3) is 0.133. The number of anilines is 1. The summed E-state index contributed by atoms with van der Waals surface area (Å²) in [6.07, 6.45) is 0. The van der Waals surface area contributed by atoms with Crippen LogP contribution in [0.3, 0.4) is 0 Å². The number of carbonyl (C=O) groups excluding carboxylic acids is 1. The van der Waals surface area contributed by atoms with E-state index in [1.165, 1.54) is 7.11 Å². The van der Waals surface area contributed by atoms with Gasteiger partial charge in [-0.05, 0) is 46.3 Å². The summed E-state index contributed by atoms with van der Waals surface area (Å²) in [7, 11) is 3.07. The summed E-state index contributed by atoms with van der Waals surface area (Å²) in [6.45, 7) is 0. The van der Waals surface area contributed by atoms with Crippen molar-refractivity contribution in [2.75, 3.05) is 19.5 Å². The van der Waals surface area contributed by atoms with Crippen molar-refractivity contribution >= 4 is 50.3 Å². The molecule has 118 valence electrons. The Balaban J connectivity index is 1.90. The molecule has 0 bridgehead atoms. The number of nitrogens with one attached hydrogen (secondary N) is 1. The van der Waals surface area contributed by atoms with E-state index in [4.69, 9.17) is 9.47 Å². The standard InChI is InChI=1S/C15H12BrN3O3S/c1-21-11-6-3-8(7-12(11)22-2)15(20)17-9-4-5-10-14(13(9)16)19-23-18-10/h3-7H,1-2H3,(H,17,20). The SMILES string of the molecule is COc1ccc(C(=O)Nc2ccc3nsnc3c2Br)cc1OC. The first-order valence-corrected chi connectivity index (χ1v) is 8.10. The lowest BCUT2D eigenvalue weighted by molar-refractivity contribution is 0.102. The monoisotopic (exact) mass is 393 g/mol. The molecular weight excluding hydrogens is 382 g/mol. The number of hydrogen-bond acceptors (Lipinski definition) is 6. The van der Waals surface area contributed by atoms with E-state index in [2.05, 4.69) is 30.0 Å². The van der Waals surface area contributed by atoms with E-state index >= 15 is 0 Å². The van der Waals surface area contributed by atoms with Crippen molar-refractivity contribution in [1.82, 2.24) is 8.75 Å². The lowest BCUT2D eigenvalue weighted by Gasteiger charge is -2.11. The molecule has 0 radical (unpaired) electrons. The number of nitrogens with zero attached hydrogens (tertiary/aromatic N) is 2. The molecule has 0 aliphatic heterocycles. The van der Waals surface area contributed by atoms with Gasteiger partial charge in [0.25, 0.3) is 5.91 Å². The van der Waals surface area contributed by atoms with Crippen molar-refractivity contribution < 1.29 is 14.3 Å². The van der Waals surface area contributed by atoms with E-state index in [9.17, 15) is 4.79 Å². The Hall–Kier alpha value is -2.19. The van der Waals surface area contributed by atoms with Gasteiger partial charge in [0.05, 0.1) is 36.1 Å². The number of fused-ring (bicyclic) bond motifs is 1. The number of rotatable bonds is 4. The van der Waals surface area contributed by atoms with Crippen molar-refractivity contribution in [1.29, 1.82) is 0 Å². The highest BCUT2D eigenvalue weighted by molar-refractivity contribution is 9.10. The second-order valence-electron chi connectivity index (χ2n) is 4.58. The van der Waals surface area contributed by atoms with Gasteiger partial charge in [-0.25, -0.2) is 0 Å². The number of benzene rings is 2. The van der Waals surface area contributed by atoms with Crippen LogP contribution in [0.1, 0.15) is 10.4 Å². The van der Waals surface area contributed by atoms with E-state index in [0.717, 1.165) is 22.8 Å². The first-order chi connectivity index (χ1) is 11.1. The quantitative estimate of drug-likeness (QED) is 0.730. The summed E-state index contributed by atoms with van der Waals surface area (Å²) in [5, 5.41) is 2.85. The Bertz CT molecular complexity index is 882. The minimum absolute atomic E-state index is 0.255. The average molecular weight is 394 g/mol. The zero-order valence-electron chi connectivity index (χ0n) is 12.3. The molecule has 1 aromatic heterocycles. The highest BCUT2D eigenvalue weighted by Gasteiger charge is 2.14. The Morgan fingerprint density at radius 3 is 2.65 bits per heavy atom. The molecule has 0 aliphatic rings. The topological polar surface area (TPSA) is 73.3 Å². The van der Waals surface area contributed by atoms with Crippen LogP contribution in [0.25, 0.3) is 11.0 Å². The van der Waals surface area contributed by atoms with Crippen LogP contribution in [-0.2, 0) is 0 Å². The summed E-state index contributed by atoms with van der Waals surface area (Å²) in [5.41, 5.74) is 2.60. The molecule has 3 rings (SSSR count). The molecule has 0 unspecified atom stereocenters. The smallest absolute Gasteiger partial charge is 0.255 e. The summed E-state index contributed by atoms with van der Waals surface area (Å²) >= 11 is 4.58. The van der Waals surface area contributed by atoms with Crippen LogP contribution in [0.15, 0.2) is 34.8 Å². The van der Waals surface area contributed by atoms with Gasteiger partial charge in [-0.2, -0.15) is 8.75 Å². The van der Waals surface area contributed by atoms with E-state index in [1.807, 2.05) is 6.07 Å². The van der Waals surface area contributed by atoms with Gasteiger partial charge in [0, 0.05) is 5.56 Å². The van der Waals surface area contributed by atoms with Crippen LogP contribution in [0, 0.1) is 0 Å². The number of carbonyl (C=O) groups is 1. The lowest BCUT2D eigenvalue weighted by atomic mass is 10.1. The first-order valence-electron chi connectivity index (χ1n) is 6.58. The number of halogens is 1. The van der Waals surface area contributed by atoms with Crippen molar-refractivity contribution in [3.63, 3.8) is 0 Å². The van der Waals surface area contributed by atoms with E-state index in [-0.39, 0.29) is 5.91 Å². The molecule has 0 fully saturated rings. The Morgan fingerprint density at radius 2 is 1.91 bits per heavy atom. The van der Waals surface area contributed by atoms with Crippen LogP contribution >= 0.6 is 27.7 Å². The van der Waals surface area contributed by atoms with E-state index in [0.29, 0.717) is 27.2 Å². The summed E-state index contributed by atoms with van der Waals surface area (Å²) < 4.78 is 19.5. The fourth-order valence-electron chi connectivity index (χ4n) is 2.09. The molecule has 0 atom stereocenters. The largest absolute Gasteiger partial charge is 0.493 e. The predicted molar refractivity (Wildman–Crippen MR) is 92.6 cm³/mol.